The molecule has 5 nitrogen and oxygen atoms in total. The number of ether oxygens (including phenoxy) is 2. The van der Waals surface area contributed by atoms with Crippen molar-refractivity contribution >= 4 is 27.7 Å². The van der Waals surface area contributed by atoms with Crippen LogP contribution >= 0.6 is 15.9 Å². The molecule has 2 rings (SSSR count). The Labute approximate surface area is 153 Å². The quantitative estimate of drug-likeness (QED) is 0.767. The van der Waals surface area contributed by atoms with Crippen molar-refractivity contribution < 1.29 is 14.3 Å². The molecule has 0 spiro atoms. The first-order chi connectivity index (χ1) is 11.3. The van der Waals surface area contributed by atoms with Crippen LogP contribution in [0.4, 0.5) is 10.5 Å². The molecule has 0 radical (unpaired) electrons. The Morgan fingerprint density at radius 2 is 2.00 bits per heavy atom. The number of anilines is 1. The monoisotopic (exact) mass is 398 g/mol. The highest BCUT2D eigenvalue weighted by Gasteiger charge is 2.23. The predicted molar refractivity (Wildman–Crippen MR) is 99.5 cm³/mol. The third kappa shape index (κ3) is 5.38. The molecule has 1 aromatic carbocycles. The number of carbonyl (C=O) groups is 1. The van der Waals surface area contributed by atoms with Crippen molar-refractivity contribution in [1.82, 2.24) is 4.90 Å². The number of carbonyl (C=O) groups excluding carboxylic acids is 1. The van der Waals surface area contributed by atoms with E-state index < -0.39 is 5.60 Å². The third-order valence-electron chi connectivity index (χ3n) is 3.79. The van der Waals surface area contributed by atoms with Crippen LogP contribution < -0.4 is 4.90 Å². The molecule has 1 saturated heterocycles. The molecule has 0 saturated carbocycles. The van der Waals surface area contributed by atoms with E-state index >= 15 is 0 Å². The summed E-state index contributed by atoms with van der Waals surface area (Å²) in [7, 11) is 0. The maximum Gasteiger partial charge on any atom is 0.410 e. The summed E-state index contributed by atoms with van der Waals surface area (Å²) in [6, 6.07) is 6.20. The van der Waals surface area contributed by atoms with E-state index in [1.807, 2.05) is 33.8 Å². The minimum atomic E-state index is -0.489. The van der Waals surface area contributed by atoms with Gasteiger partial charge in [-0.2, -0.15) is 0 Å². The average molecular weight is 399 g/mol. The lowest BCUT2D eigenvalue weighted by Gasteiger charge is -2.32. The fourth-order valence-corrected chi connectivity index (χ4v) is 2.96. The first-order valence-electron chi connectivity index (χ1n) is 8.39. The lowest BCUT2D eigenvalue weighted by Crippen LogP contribution is -2.39. The fraction of sp³-hybridized carbons (Fsp3) is 0.611. The van der Waals surface area contributed by atoms with Gasteiger partial charge in [0, 0.05) is 29.8 Å². The molecule has 6 heteroatoms. The molecular formula is C18H27BrN2O3. The lowest BCUT2D eigenvalue weighted by atomic mass is 10.1. The topological polar surface area (TPSA) is 42.0 Å². The highest BCUT2D eigenvalue weighted by molar-refractivity contribution is 9.10. The number of benzene rings is 1. The summed E-state index contributed by atoms with van der Waals surface area (Å²) in [6.45, 7) is 12.0. The van der Waals surface area contributed by atoms with Gasteiger partial charge in [-0.3, -0.25) is 0 Å². The summed E-state index contributed by atoms with van der Waals surface area (Å²) >= 11 is 3.55. The first-order valence-corrected chi connectivity index (χ1v) is 9.18. The average Bonchev–Trinajstić information content (AvgIpc) is 2.52. The molecule has 0 unspecified atom stereocenters. The van der Waals surface area contributed by atoms with Crippen LogP contribution in [0.3, 0.4) is 0 Å². The second-order valence-electron chi connectivity index (χ2n) is 6.87. The Hall–Kier alpha value is -1.27. The highest BCUT2D eigenvalue weighted by atomic mass is 79.9. The van der Waals surface area contributed by atoms with E-state index in [0.29, 0.717) is 13.1 Å². The van der Waals surface area contributed by atoms with E-state index in [1.54, 1.807) is 4.90 Å². The maximum atomic E-state index is 12.4. The van der Waals surface area contributed by atoms with Gasteiger partial charge in [0.1, 0.15) is 5.60 Å². The largest absolute Gasteiger partial charge is 0.444 e. The van der Waals surface area contributed by atoms with Crippen LogP contribution in [0.2, 0.25) is 0 Å². The molecule has 1 aromatic rings. The van der Waals surface area contributed by atoms with Crippen molar-refractivity contribution in [2.75, 3.05) is 37.7 Å². The molecule has 134 valence electrons. The van der Waals surface area contributed by atoms with Gasteiger partial charge in [0.25, 0.3) is 0 Å². The molecule has 0 atom stereocenters. The zero-order valence-corrected chi connectivity index (χ0v) is 16.6. The molecule has 0 aromatic heterocycles. The van der Waals surface area contributed by atoms with E-state index in [1.165, 1.54) is 0 Å². The standard InChI is InChI=1S/C18H27BrN2O3/c1-5-20(17(22)24-18(2,3)4)13-14-6-7-15(19)12-16(14)21-8-10-23-11-9-21/h6-7,12H,5,8-11,13H2,1-4H3. The van der Waals surface area contributed by atoms with Gasteiger partial charge in [-0.15, -0.1) is 0 Å². The van der Waals surface area contributed by atoms with Gasteiger partial charge in [0.15, 0.2) is 0 Å². The summed E-state index contributed by atoms with van der Waals surface area (Å²) in [5, 5.41) is 0. The smallest absolute Gasteiger partial charge is 0.410 e. The number of halogens is 1. The summed E-state index contributed by atoms with van der Waals surface area (Å²) < 4.78 is 12.0. The number of amides is 1. The second-order valence-corrected chi connectivity index (χ2v) is 7.78. The van der Waals surface area contributed by atoms with Gasteiger partial charge in [-0.25, -0.2) is 4.79 Å². The van der Waals surface area contributed by atoms with E-state index in [2.05, 4.69) is 33.0 Å². The lowest BCUT2D eigenvalue weighted by molar-refractivity contribution is 0.0244. The van der Waals surface area contributed by atoms with Gasteiger partial charge in [-0.05, 0) is 45.4 Å². The van der Waals surface area contributed by atoms with Crippen molar-refractivity contribution in [3.63, 3.8) is 0 Å². The number of hydrogen-bond acceptors (Lipinski definition) is 4. The highest BCUT2D eigenvalue weighted by Crippen LogP contribution is 2.27. The minimum Gasteiger partial charge on any atom is -0.444 e. The number of hydrogen-bond donors (Lipinski definition) is 0. The van der Waals surface area contributed by atoms with Gasteiger partial charge >= 0.3 is 6.09 Å². The third-order valence-corrected chi connectivity index (χ3v) is 4.29. The Kier molecular flexibility index (Phi) is 6.52. The van der Waals surface area contributed by atoms with Crippen molar-refractivity contribution in [2.24, 2.45) is 0 Å². The van der Waals surface area contributed by atoms with E-state index in [-0.39, 0.29) is 6.09 Å². The Morgan fingerprint density at radius 1 is 1.33 bits per heavy atom. The molecule has 1 heterocycles. The van der Waals surface area contributed by atoms with E-state index in [4.69, 9.17) is 9.47 Å². The van der Waals surface area contributed by atoms with Crippen LogP contribution in [0.5, 0.6) is 0 Å². The number of morpholine rings is 1. The molecule has 1 aliphatic heterocycles. The van der Waals surface area contributed by atoms with Crippen molar-refractivity contribution in [2.45, 2.75) is 39.8 Å². The summed E-state index contributed by atoms with van der Waals surface area (Å²) in [4.78, 5) is 16.5. The predicted octanol–water partition coefficient (Wildman–Crippen LogP) is 4.04. The summed E-state index contributed by atoms with van der Waals surface area (Å²) in [5.41, 5.74) is 1.78. The van der Waals surface area contributed by atoms with Crippen LogP contribution in [0.25, 0.3) is 0 Å². The molecule has 24 heavy (non-hydrogen) atoms. The van der Waals surface area contributed by atoms with Crippen LogP contribution in [0, 0.1) is 0 Å². The van der Waals surface area contributed by atoms with Crippen molar-refractivity contribution in [3.05, 3.63) is 28.2 Å². The van der Waals surface area contributed by atoms with Crippen LogP contribution in [0.1, 0.15) is 33.3 Å². The Bertz CT molecular complexity index is 566. The molecular weight excluding hydrogens is 372 g/mol. The SMILES string of the molecule is CCN(Cc1ccc(Br)cc1N1CCOCC1)C(=O)OC(C)(C)C. The van der Waals surface area contributed by atoms with E-state index in [9.17, 15) is 4.79 Å². The second kappa shape index (κ2) is 8.21. The first kappa shape index (κ1) is 19.1. The zero-order chi connectivity index (χ0) is 17.7. The summed E-state index contributed by atoms with van der Waals surface area (Å²) in [6.07, 6.45) is -0.277. The molecule has 1 amide bonds. The maximum absolute atomic E-state index is 12.4. The Balaban J connectivity index is 2.19. The van der Waals surface area contributed by atoms with Gasteiger partial charge in [-0.1, -0.05) is 22.0 Å². The fourth-order valence-electron chi connectivity index (χ4n) is 2.61. The minimum absolute atomic E-state index is 0.277. The van der Waals surface area contributed by atoms with Crippen LogP contribution in [0.15, 0.2) is 22.7 Å². The molecule has 1 aliphatic rings. The van der Waals surface area contributed by atoms with Crippen LogP contribution in [-0.2, 0) is 16.0 Å². The zero-order valence-electron chi connectivity index (χ0n) is 15.0. The Morgan fingerprint density at radius 3 is 2.58 bits per heavy atom. The van der Waals surface area contributed by atoms with Gasteiger partial charge in [0.2, 0.25) is 0 Å². The van der Waals surface area contributed by atoms with Crippen LogP contribution in [-0.4, -0.2) is 49.4 Å². The summed E-state index contributed by atoms with van der Waals surface area (Å²) in [5.74, 6) is 0. The molecule has 1 fully saturated rings. The van der Waals surface area contributed by atoms with E-state index in [0.717, 1.165) is 42.0 Å². The van der Waals surface area contributed by atoms with Gasteiger partial charge in [0.05, 0.1) is 19.8 Å². The van der Waals surface area contributed by atoms with Crippen molar-refractivity contribution in [3.8, 4) is 0 Å². The van der Waals surface area contributed by atoms with Crippen molar-refractivity contribution in [1.29, 1.82) is 0 Å². The molecule has 0 bridgehead atoms. The normalized spacial score (nSPS) is 15.3. The number of rotatable bonds is 4. The number of nitrogens with zero attached hydrogens (tertiary/aromatic N) is 2. The molecule has 0 aliphatic carbocycles. The van der Waals surface area contributed by atoms with Gasteiger partial charge < -0.3 is 19.3 Å². The molecule has 0 N–H and O–H groups in total.